The van der Waals surface area contributed by atoms with Crippen molar-refractivity contribution < 1.29 is 0 Å². The van der Waals surface area contributed by atoms with Crippen molar-refractivity contribution in [1.29, 1.82) is 0 Å². The quantitative estimate of drug-likeness (QED) is 0.127. The largest absolute Gasteiger partial charge is 0.309 e. The van der Waals surface area contributed by atoms with Crippen LogP contribution in [0.15, 0.2) is 176 Å². The molecule has 2 heterocycles. The molecular formula is C49H33NS. The summed E-state index contributed by atoms with van der Waals surface area (Å²) in [5, 5.41) is 12.9. The van der Waals surface area contributed by atoms with Crippen LogP contribution in [0.25, 0.3) is 96.7 Å². The van der Waals surface area contributed by atoms with Gasteiger partial charge in [-0.1, -0.05) is 134 Å². The van der Waals surface area contributed by atoms with Crippen LogP contribution in [0, 0.1) is 0 Å². The molecular weight excluding hydrogens is 635 g/mol. The van der Waals surface area contributed by atoms with Gasteiger partial charge < -0.3 is 4.57 Å². The fourth-order valence-corrected chi connectivity index (χ4v) is 9.30. The third kappa shape index (κ3) is 4.47. The van der Waals surface area contributed by atoms with E-state index in [9.17, 15) is 0 Å². The molecule has 1 nitrogen and oxygen atoms in total. The molecule has 0 aliphatic carbocycles. The molecule has 0 fully saturated rings. The normalized spacial score (nSPS) is 12.5. The first-order chi connectivity index (χ1) is 25.2. The molecule has 0 amide bonds. The van der Waals surface area contributed by atoms with E-state index < -0.39 is 0 Å². The summed E-state index contributed by atoms with van der Waals surface area (Å²) in [4.78, 5) is 0. The van der Waals surface area contributed by atoms with E-state index in [1.54, 1.807) is 0 Å². The van der Waals surface area contributed by atoms with Crippen LogP contribution in [0.2, 0.25) is 0 Å². The number of allylic oxidation sites excluding steroid dienone is 5. The maximum absolute atomic E-state index is 4.07. The molecule has 10 rings (SSSR count). The lowest BCUT2D eigenvalue weighted by molar-refractivity contribution is 1.19. The second kappa shape index (κ2) is 11.7. The molecule has 0 unspecified atom stereocenters. The van der Waals surface area contributed by atoms with E-state index in [0.29, 0.717) is 0 Å². The molecule has 2 aromatic heterocycles. The summed E-state index contributed by atoms with van der Waals surface area (Å²) >= 11 is 1.87. The van der Waals surface area contributed by atoms with Crippen molar-refractivity contribution in [1.82, 2.24) is 4.57 Å². The van der Waals surface area contributed by atoms with Gasteiger partial charge in [0.25, 0.3) is 0 Å². The zero-order valence-electron chi connectivity index (χ0n) is 28.2. The summed E-state index contributed by atoms with van der Waals surface area (Å²) in [7, 11) is 0. The molecule has 0 aliphatic heterocycles. The lowest BCUT2D eigenvalue weighted by atomic mass is 9.88. The molecule has 0 saturated carbocycles. The van der Waals surface area contributed by atoms with Gasteiger partial charge in [-0.2, -0.15) is 0 Å². The zero-order valence-corrected chi connectivity index (χ0v) is 29.0. The number of hydrogen-bond donors (Lipinski definition) is 0. The highest BCUT2D eigenvalue weighted by molar-refractivity contribution is 7.25. The third-order valence-electron chi connectivity index (χ3n) is 10.5. The molecule has 0 atom stereocenters. The second-order valence-corrected chi connectivity index (χ2v) is 14.3. The number of hydrogen-bond acceptors (Lipinski definition) is 1. The van der Waals surface area contributed by atoms with Gasteiger partial charge >= 0.3 is 0 Å². The molecule has 2 heteroatoms. The van der Waals surface area contributed by atoms with Crippen molar-refractivity contribution in [3.63, 3.8) is 0 Å². The summed E-state index contributed by atoms with van der Waals surface area (Å²) in [6.45, 7) is 6.11. The lowest BCUT2D eigenvalue weighted by Crippen LogP contribution is -1.96. The molecule has 8 aromatic carbocycles. The first-order valence-corrected chi connectivity index (χ1v) is 18.3. The molecule has 0 bridgehead atoms. The average molecular weight is 668 g/mol. The van der Waals surface area contributed by atoms with E-state index in [4.69, 9.17) is 0 Å². The standard InChI is InChI=1S/C49H33NS/c1-3-5-14-31(4-2)32-23-26-34(27-24-32)50-44-21-12-10-20-40(44)48-47-38-18-8-6-15-35(38)41(30-43(47)36-16-7-9-19-39(36)49(48)50)33-25-28-46-42(29-33)37-17-11-13-22-45(37)51-46/h3-30H,2H2,1H3/b5-3-,31-14+. The molecule has 0 N–H and O–H groups in total. The van der Waals surface area contributed by atoms with Gasteiger partial charge in [0.1, 0.15) is 0 Å². The smallest absolute Gasteiger partial charge is 0.0626 e. The van der Waals surface area contributed by atoms with Gasteiger partial charge in [-0.05, 0) is 93.2 Å². The number of fused-ring (bicyclic) bond motifs is 13. The first-order valence-electron chi connectivity index (χ1n) is 17.5. The van der Waals surface area contributed by atoms with E-state index in [-0.39, 0.29) is 0 Å². The second-order valence-electron chi connectivity index (χ2n) is 13.2. The van der Waals surface area contributed by atoms with E-state index in [1.165, 1.54) is 85.4 Å². The van der Waals surface area contributed by atoms with Gasteiger partial charge in [0, 0.05) is 47.4 Å². The molecule has 0 aliphatic rings. The summed E-state index contributed by atoms with van der Waals surface area (Å²) < 4.78 is 5.13. The van der Waals surface area contributed by atoms with Crippen LogP contribution >= 0.6 is 11.3 Å². The molecule has 51 heavy (non-hydrogen) atoms. The van der Waals surface area contributed by atoms with Crippen molar-refractivity contribution in [3.8, 4) is 16.8 Å². The summed E-state index contributed by atoms with van der Waals surface area (Å²) in [6, 6.07) is 54.0. The highest BCUT2D eigenvalue weighted by Gasteiger charge is 2.22. The number of nitrogens with zero attached hydrogens (tertiary/aromatic N) is 1. The van der Waals surface area contributed by atoms with Crippen LogP contribution in [-0.2, 0) is 0 Å². The Morgan fingerprint density at radius 2 is 1.24 bits per heavy atom. The Hall–Kier alpha value is -6.22. The minimum absolute atomic E-state index is 1.10. The monoisotopic (exact) mass is 667 g/mol. The van der Waals surface area contributed by atoms with Crippen LogP contribution in [0.3, 0.4) is 0 Å². The summed E-state index contributed by atoms with van der Waals surface area (Å²) in [5.74, 6) is 0. The van der Waals surface area contributed by atoms with Gasteiger partial charge in [0.05, 0.1) is 11.0 Å². The van der Waals surface area contributed by atoms with Crippen LogP contribution in [0.4, 0.5) is 0 Å². The molecule has 0 saturated heterocycles. The minimum atomic E-state index is 1.10. The van der Waals surface area contributed by atoms with E-state index >= 15 is 0 Å². The van der Waals surface area contributed by atoms with Crippen molar-refractivity contribution in [3.05, 3.63) is 182 Å². The highest BCUT2D eigenvalue weighted by atomic mass is 32.1. The predicted molar refractivity (Wildman–Crippen MR) is 225 cm³/mol. The Morgan fingerprint density at radius 1 is 0.569 bits per heavy atom. The average Bonchev–Trinajstić information content (AvgIpc) is 3.74. The van der Waals surface area contributed by atoms with Crippen molar-refractivity contribution in [2.24, 2.45) is 0 Å². The van der Waals surface area contributed by atoms with Crippen molar-refractivity contribution in [2.75, 3.05) is 0 Å². The van der Waals surface area contributed by atoms with Gasteiger partial charge in [-0.15, -0.1) is 11.3 Å². The first kappa shape index (κ1) is 29.7. The Kier molecular flexibility index (Phi) is 6.80. The SMILES string of the molecule is C=C/C(=C\C=C/C)c1ccc(-n2c3ccccc3c3c4c5ccccc5c(-c5ccc6sc7ccccc7c6c5)cc4c4ccccc4c32)cc1. The summed E-state index contributed by atoms with van der Waals surface area (Å²) in [6.07, 6.45) is 8.15. The number of rotatable bonds is 5. The van der Waals surface area contributed by atoms with Crippen LogP contribution < -0.4 is 0 Å². The molecule has 240 valence electrons. The highest BCUT2D eigenvalue weighted by Crippen LogP contribution is 2.47. The van der Waals surface area contributed by atoms with Crippen molar-refractivity contribution >= 4 is 91.2 Å². The number of para-hydroxylation sites is 1. The Morgan fingerprint density at radius 3 is 2.02 bits per heavy atom. The fourth-order valence-electron chi connectivity index (χ4n) is 8.22. The van der Waals surface area contributed by atoms with Gasteiger partial charge in [-0.3, -0.25) is 0 Å². The molecule has 10 aromatic rings. The van der Waals surface area contributed by atoms with Crippen molar-refractivity contribution in [2.45, 2.75) is 6.92 Å². The number of aromatic nitrogens is 1. The van der Waals surface area contributed by atoms with E-state index in [0.717, 1.165) is 16.8 Å². The maximum Gasteiger partial charge on any atom is 0.0626 e. The van der Waals surface area contributed by atoms with E-state index in [1.807, 2.05) is 30.4 Å². The van der Waals surface area contributed by atoms with Gasteiger partial charge in [0.15, 0.2) is 0 Å². The number of benzene rings is 8. The van der Waals surface area contributed by atoms with Gasteiger partial charge in [0.2, 0.25) is 0 Å². The molecule has 0 spiro atoms. The molecule has 0 radical (unpaired) electrons. The van der Waals surface area contributed by atoms with E-state index in [2.05, 4.69) is 169 Å². The van der Waals surface area contributed by atoms with Crippen LogP contribution in [-0.4, -0.2) is 4.57 Å². The predicted octanol–water partition coefficient (Wildman–Crippen LogP) is 14.4. The minimum Gasteiger partial charge on any atom is -0.309 e. The maximum atomic E-state index is 4.07. The zero-order chi connectivity index (χ0) is 34.1. The number of thiophene rings is 1. The Bertz CT molecular complexity index is 3090. The van der Waals surface area contributed by atoms with Crippen LogP contribution in [0.1, 0.15) is 12.5 Å². The third-order valence-corrected chi connectivity index (χ3v) is 11.6. The Labute approximate surface area is 300 Å². The fraction of sp³-hybridized carbons (Fsp3) is 0.0204. The lowest BCUT2D eigenvalue weighted by Gasteiger charge is -2.16. The topological polar surface area (TPSA) is 4.93 Å². The Balaban J connectivity index is 1.32. The summed E-state index contributed by atoms with van der Waals surface area (Å²) in [5.41, 5.74) is 8.35. The van der Waals surface area contributed by atoms with Gasteiger partial charge in [-0.25, -0.2) is 0 Å². The van der Waals surface area contributed by atoms with Crippen LogP contribution in [0.5, 0.6) is 0 Å².